The minimum atomic E-state index is -0.205. The van der Waals surface area contributed by atoms with Crippen LogP contribution in [0.4, 0.5) is 0 Å². The number of ether oxygens (including phenoxy) is 1. The number of rotatable bonds is 2. The summed E-state index contributed by atoms with van der Waals surface area (Å²) < 4.78 is 6.30. The van der Waals surface area contributed by atoms with E-state index in [1.165, 1.54) is 18.1 Å². The van der Waals surface area contributed by atoms with Gasteiger partial charge in [-0.25, -0.2) is 0 Å². The fourth-order valence-electron chi connectivity index (χ4n) is 2.25. The van der Waals surface area contributed by atoms with Crippen molar-refractivity contribution in [3.8, 4) is 0 Å². The molecule has 1 aromatic carbocycles. The SMILES string of the molecule is CC(=O)OC1CNC(c2cc(Br)ccc2C)C1. The Labute approximate surface area is 110 Å². The van der Waals surface area contributed by atoms with Crippen molar-refractivity contribution in [2.75, 3.05) is 6.54 Å². The summed E-state index contributed by atoms with van der Waals surface area (Å²) in [5.41, 5.74) is 2.53. The zero-order valence-electron chi connectivity index (χ0n) is 10.00. The Morgan fingerprint density at radius 2 is 2.29 bits per heavy atom. The molecule has 1 fully saturated rings. The highest BCUT2D eigenvalue weighted by atomic mass is 79.9. The van der Waals surface area contributed by atoms with Crippen molar-refractivity contribution in [2.45, 2.75) is 32.4 Å². The van der Waals surface area contributed by atoms with Gasteiger partial charge < -0.3 is 10.1 Å². The van der Waals surface area contributed by atoms with Crippen LogP contribution in [0.5, 0.6) is 0 Å². The van der Waals surface area contributed by atoms with Crippen molar-refractivity contribution >= 4 is 21.9 Å². The van der Waals surface area contributed by atoms with Gasteiger partial charge in [-0.1, -0.05) is 22.0 Å². The Kier molecular flexibility index (Phi) is 3.84. The summed E-state index contributed by atoms with van der Waals surface area (Å²) in [5.74, 6) is -0.205. The molecule has 1 saturated heterocycles. The van der Waals surface area contributed by atoms with Crippen LogP contribution in [-0.4, -0.2) is 18.6 Å². The molecule has 0 saturated carbocycles. The molecule has 0 spiro atoms. The highest BCUT2D eigenvalue weighted by Crippen LogP contribution is 2.29. The average Bonchev–Trinajstić information content (AvgIpc) is 2.69. The van der Waals surface area contributed by atoms with Crippen LogP contribution in [0.25, 0.3) is 0 Å². The molecule has 1 aliphatic rings. The fourth-order valence-corrected chi connectivity index (χ4v) is 2.63. The second kappa shape index (κ2) is 5.19. The average molecular weight is 298 g/mol. The first-order valence-corrected chi connectivity index (χ1v) is 6.52. The largest absolute Gasteiger partial charge is 0.461 e. The van der Waals surface area contributed by atoms with Gasteiger partial charge in [0, 0.05) is 30.4 Å². The Balaban J connectivity index is 2.09. The zero-order chi connectivity index (χ0) is 12.4. The first-order chi connectivity index (χ1) is 8.06. The third-order valence-electron chi connectivity index (χ3n) is 3.04. The van der Waals surface area contributed by atoms with E-state index in [1.807, 2.05) is 6.07 Å². The summed E-state index contributed by atoms with van der Waals surface area (Å²) in [4.78, 5) is 10.9. The van der Waals surface area contributed by atoms with Crippen LogP contribution in [-0.2, 0) is 9.53 Å². The van der Waals surface area contributed by atoms with E-state index in [4.69, 9.17) is 4.74 Å². The summed E-state index contributed by atoms with van der Waals surface area (Å²) in [6.07, 6.45) is 0.840. The van der Waals surface area contributed by atoms with Gasteiger partial charge in [0.2, 0.25) is 0 Å². The van der Waals surface area contributed by atoms with Crippen molar-refractivity contribution in [3.05, 3.63) is 33.8 Å². The molecule has 0 aliphatic carbocycles. The highest BCUT2D eigenvalue weighted by molar-refractivity contribution is 9.10. The molecule has 0 bridgehead atoms. The molecule has 3 nitrogen and oxygen atoms in total. The van der Waals surface area contributed by atoms with E-state index in [1.54, 1.807) is 0 Å². The van der Waals surface area contributed by atoms with Crippen LogP contribution in [0, 0.1) is 6.92 Å². The highest BCUT2D eigenvalue weighted by Gasteiger charge is 2.28. The second-order valence-electron chi connectivity index (χ2n) is 4.43. The lowest BCUT2D eigenvalue weighted by atomic mass is 10.00. The van der Waals surface area contributed by atoms with Gasteiger partial charge in [-0.2, -0.15) is 0 Å². The lowest BCUT2D eigenvalue weighted by molar-refractivity contribution is -0.145. The molecule has 1 N–H and O–H groups in total. The summed E-state index contributed by atoms with van der Waals surface area (Å²) in [6, 6.07) is 6.54. The van der Waals surface area contributed by atoms with E-state index in [2.05, 4.69) is 40.3 Å². The van der Waals surface area contributed by atoms with Crippen LogP contribution in [0.1, 0.15) is 30.5 Å². The maximum atomic E-state index is 10.9. The van der Waals surface area contributed by atoms with Crippen molar-refractivity contribution < 1.29 is 9.53 Å². The van der Waals surface area contributed by atoms with E-state index < -0.39 is 0 Å². The molecule has 17 heavy (non-hydrogen) atoms. The third-order valence-corrected chi connectivity index (χ3v) is 3.53. The van der Waals surface area contributed by atoms with Gasteiger partial charge in [0.15, 0.2) is 0 Å². The number of hydrogen-bond acceptors (Lipinski definition) is 3. The standard InChI is InChI=1S/C13H16BrNO2/c1-8-3-4-10(14)5-12(8)13-6-11(7-15-13)17-9(2)16/h3-5,11,13,15H,6-7H2,1-2H3. The lowest BCUT2D eigenvalue weighted by Gasteiger charge is -2.14. The predicted octanol–water partition coefficient (Wildman–Crippen LogP) is 2.72. The first kappa shape index (κ1) is 12.6. The lowest BCUT2D eigenvalue weighted by Crippen LogP contribution is -2.19. The molecule has 1 aliphatic heterocycles. The third kappa shape index (κ3) is 3.07. The minimum Gasteiger partial charge on any atom is -0.461 e. The normalized spacial score (nSPS) is 23.7. The van der Waals surface area contributed by atoms with Crippen molar-refractivity contribution in [2.24, 2.45) is 0 Å². The molecular weight excluding hydrogens is 282 g/mol. The van der Waals surface area contributed by atoms with Crippen LogP contribution < -0.4 is 5.32 Å². The monoisotopic (exact) mass is 297 g/mol. The van der Waals surface area contributed by atoms with Gasteiger partial charge in [-0.05, 0) is 30.2 Å². The van der Waals surface area contributed by atoms with E-state index in [0.29, 0.717) is 0 Å². The van der Waals surface area contributed by atoms with Crippen LogP contribution >= 0.6 is 15.9 Å². The second-order valence-corrected chi connectivity index (χ2v) is 5.34. The Morgan fingerprint density at radius 3 is 3.00 bits per heavy atom. The molecule has 2 unspecified atom stereocenters. The quantitative estimate of drug-likeness (QED) is 0.853. The van der Waals surface area contributed by atoms with Gasteiger partial charge in [0.25, 0.3) is 0 Å². The Hall–Kier alpha value is -0.870. The molecule has 2 rings (SSSR count). The first-order valence-electron chi connectivity index (χ1n) is 5.73. The number of nitrogens with one attached hydrogen (secondary N) is 1. The summed E-state index contributed by atoms with van der Waals surface area (Å²) in [6.45, 7) is 4.29. The van der Waals surface area contributed by atoms with Crippen LogP contribution in [0.15, 0.2) is 22.7 Å². The van der Waals surface area contributed by atoms with E-state index >= 15 is 0 Å². The van der Waals surface area contributed by atoms with Crippen molar-refractivity contribution in [1.82, 2.24) is 5.32 Å². The van der Waals surface area contributed by atoms with Gasteiger partial charge in [-0.15, -0.1) is 0 Å². The Bertz CT molecular complexity index is 433. The summed E-state index contributed by atoms with van der Waals surface area (Å²) >= 11 is 3.49. The fraction of sp³-hybridized carbons (Fsp3) is 0.462. The molecule has 1 heterocycles. The number of halogens is 1. The summed E-state index contributed by atoms with van der Waals surface area (Å²) in [5, 5.41) is 3.40. The van der Waals surface area contributed by atoms with Gasteiger partial charge in [0.1, 0.15) is 6.10 Å². The van der Waals surface area contributed by atoms with Gasteiger partial charge >= 0.3 is 5.97 Å². The number of carbonyl (C=O) groups is 1. The van der Waals surface area contributed by atoms with Crippen molar-refractivity contribution in [3.63, 3.8) is 0 Å². The van der Waals surface area contributed by atoms with Gasteiger partial charge in [-0.3, -0.25) is 4.79 Å². The van der Waals surface area contributed by atoms with Crippen LogP contribution in [0.2, 0.25) is 0 Å². The number of aryl methyl sites for hydroxylation is 1. The van der Waals surface area contributed by atoms with E-state index in [0.717, 1.165) is 17.4 Å². The van der Waals surface area contributed by atoms with E-state index in [9.17, 15) is 4.79 Å². The topological polar surface area (TPSA) is 38.3 Å². The number of benzene rings is 1. The minimum absolute atomic E-state index is 0.00381. The maximum Gasteiger partial charge on any atom is 0.302 e. The number of hydrogen-bond donors (Lipinski definition) is 1. The van der Waals surface area contributed by atoms with Gasteiger partial charge in [0.05, 0.1) is 0 Å². The molecule has 0 aromatic heterocycles. The number of carbonyl (C=O) groups excluding carboxylic acids is 1. The molecule has 2 atom stereocenters. The smallest absolute Gasteiger partial charge is 0.302 e. The molecule has 0 amide bonds. The maximum absolute atomic E-state index is 10.9. The predicted molar refractivity (Wildman–Crippen MR) is 69.8 cm³/mol. The summed E-state index contributed by atoms with van der Waals surface area (Å²) in [7, 11) is 0. The van der Waals surface area contributed by atoms with E-state index in [-0.39, 0.29) is 18.1 Å². The van der Waals surface area contributed by atoms with Crippen LogP contribution in [0.3, 0.4) is 0 Å². The molecule has 1 aromatic rings. The molecule has 4 heteroatoms. The molecular formula is C13H16BrNO2. The molecule has 0 radical (unpaired) electrons. The van der Waals surface area contributed by atoms with Crippen molar-refractivity contribution in [1.29, 1.82) is 0 Å². The number of esters is 1. The molecule has 92 valence electrons. The zero-order valence-corrected chi connectivity index (χ0v) is 11.6. The Morgan fingerprint density at radius 1 is 1.53 bits per heavy atom.